The lowest BCUT2D eigenvalue weighted by Crippen LogP contribution is -2.42. The summed E-state index contributed by atoms with van der Waals surface area (Å²) in [5.74, 6) is -0.656. The molecule has 1 aliphatic carbocycles. The van der Waals surface area contributed by atoms with Crippen molar-refractivity contribution in [1.82, 2.24) is 4.90 Å². The van der Waals surface area contributed by atoms with Gasteiger partial charge in [-0.2, -0.15) is 0 Å². The Labute approximate surface area is 189 Å². The van der Waals surface area contributed by atoms with E-state index in [1.807, 2.05) is 30.3 Å². The van der Waals surface area contributed by atoms with Crippen molar-refractivity contribution < 1.29 is 14.0 Å². The van der Waals surface area contributed by atoms with Crippen molar-refractivity contribution in [3.8, 4) is 0 Å². The van der Waals surface area contributed by atoms with E-state index >= 15 is 0 Å². The van der Waals surface area contributed by atoms with Crippen LogP contribution in [0, 0.1) is 11.7 Å². The minimum atomic E-state index is -0.684. The first kappa shape index (κ1) is 22.5. The number of nitrogens with zero attached hydrogens (tertiary/aromatic N) is 1. The summed E-state index contributed by atoms with van der Waals surface area (Å²) < 4.78 is 13.9. The molecule has 1 aliphatic heterocycles. The lowest BCUT2D eigenvalue weighted by atomic mass is 9.68. The zero-order chi connectivity index (χ0) is 22.6. The summed E-state index contributed by atoms with van der Waals surface area (Å²) in [5.41, 5.74) is 7.44. The number of benzene rings is 2. The van der Waals surface area contributed by atoms with Gasteiger partial charge in [0.25, 0.3) is 0 Å². The van der Waals surface area contributed by atoms with Gasteiger partial charge < -0.3 is 11.1 Å². The number of likely N-dealkylation sites (tertiary alicyclic amines) is 1. The Morgan fingerprint density at radius 1 is 1.06 bits per heavy atom. The molecule has 1 saturated carbocycles. The van der Waals surface area contributed by atoms with Crippen molar-refractivity contribution in [2.45, 2.75) is 56.9 Å². The normalized spacial score (nSPS) is 21.1. The van der Waals surface area contributed by atoms with E-state index in [1.165, 1.54) is 12.1 Å². The topological polar surface area (TPSA) is 75.4 Å². The molecule has 32 heavy (non-hydrogen) atoms. The molecule has 1 atom stereocenters. The van der Waals surface area contributed by atoms with Crippen LogP contribution in [-0.2, 0) is 21.5 Å². The number of primary amides is 1. The van der Waals surface area contributed by atoms with Crippen molar-refractivity contribution >= 4 is 17.5 Å². The highest BCUT2D eigenvalue weighted by Crippen LogP contribution is 2.40. The molecular weight excluding hydrogens is 405 g/mol. The van der Waals surface area contributed by atoms with Gasteiger partial charge in [-0.15, -0.1) is 0 Å². The molecule has 2 aromatic rings. The smallest absolute Gasteiger partial charge is 0.235 e. The highest BCUT2D eigenvalue weighted by atomic mass is 19.1. The van der Waals surface area contributed by atoms with Crippen molar-refractivity contribution in [3.05, 3.63) is 65.5 Å². The molecule has 0 radical (unpaired) electrons. The van der Waals surface area contributed by atoms with Crippen LogP contribution in [-0.4, -0.2) is 29.8 Å². The number of carbonyl (C=O) groups is 2. The molecule has 170 valence electrons. The Morgan fingerprint density at radius 2 is 1.81 bits per heavy atom. The summed E-state index contributed by atoms with van der Waals surface area (Å²) in [4.78, 5) is 27.2. The van der Waals surface area contributed by atoms with Crippen molar-refractivity contribution in [3.63, 3.8) is 0 Å². The quantitative estimate of drug-likeness (QED) is 0.705. The molecule has 1 heterocycles. The summed E-state index contributed by atoms with van der Waals surface area (Å²) in [6.45, 7) is 2.41. The minimum Gasteiger partial charge on any atom is -0.369 e. The third-order valence-electron chi connectivity index (χ3n) is 7.04. The maximum Gasteiger partial charge on any atom is 0.235 e. The fraction of sp³-hybridized carbons (Fsp3) is 0.462. The monoisotopic (exact) mass is 437 g/mol. The van der Waals surface area contributed by atoms with E-state index in [1.54, 1.807) is 6.07 Å². The van der Waals surface area contributed by atoms with Crippen molar-refractivity contribution in [2.75, 3.05) is 18.4 Å². The zero-order valence-electron chi connectivity index (χ0n) is 18.5. The van der Waals surface area contributed by atoms with Gasteiger partial charge in [-0.1, -0.05) is 43.5 Å². The Bertz CT molecular complexity index is 954. The summed E-state index contributed by atoms with van der Waals surface area (Å²) in [7, 11) is 0. The molecule has 2 amide bonds. The Morgan fingerprint density at radius 3 is 2.50 bits per heavy atom. The third-order valence-corrected chi connectivity index (χ3v) is 7.04. The molecule has 1 unspecified atom stereocenters. The SMILES string of the molecule is NC(=O)C1CCCN(Cc2ccc(NC(=O)C3(c4cccc(F)c4)CCCCC3)cc2)C1. The summed E-state index contributed by atoms with van der Waals surface area (Å²) >= 11 is 0. The molecule has 2 fully saturated rings. The molecule has 3 N–H and O–H groups in total. The van der Waals surface area contributed by atoms with Crippen LogP contribution < -0.4 is 11.1 Å². The lowest BCUT2D eigenvalue weighted by molar-refractivity contribution is -0.124. The van der Waals surface area contributed by atoms with Crippen LogP contribution in [0.5, 0.6) is 0 Å². The van der Waals surface area contributed by atoms with E-state index < -0.39 is 5.41 Å². The van der Waals surface area contributed by atoms with E-state index in [0.717, 1.165) is 74.8 Å². The van der Waals surface area contributed by atoms with Gasteiger partial charge in [0.1, 0.15) is 5.82 Å². The van der Waals surface area contributed by atoms with Gasteiger partial charge in [-0.25, -0.2) is 4.39 Å². The molecule has 0 bridgehead atoms. The van der Waals surface area contributed by atoms with Gasteiger partial charge in [0.05, 0.1) is 11.3 Å². The fourth-order valence-electron chi connectivity index (χ4n) is 5.22. The first-order valence-electron chi connectivity index (χ1n) is 11.6. The summed E-state index contributed by atoms with van der Waals surface area (Å²) in [6, 6.07) is 14.4. The van der Waals surface area contributed by atoms with Gasteiger partial charge in [-0.05, 0) is 67.6 Å². The molecular formula is C26H32FN3O2. The first-order valence-corrected chi connectivity index (χ1v) is 11.6. The van der Waals surface area contributed by atoms with E-state index in [-0.39, 0.29) is 23.5 Å². The van der Waals surface area contributed by atoms with Crippen LogP contribution in [0.15, 0.2) is 48.5 Å². The molecule has 6 heteroatoms. The number of hydrogen-bond donors (Lipinski definition) is 2. The highest BCUT2D eigenvalue weighted by molar-refractivity contribution is 5.99. The third kappa shape index (κ3) is 5.01. The largest absolute Gasteiger partial charge is 0.369 e. The number of amides is 2. The van der Waals surface area contributed by atoms with Crippen molar-refractivity contribution in [1.29, 1.82) is 0 Å². The predicted octanol–water partition coefficient (Wildman–Crippen LogP) is 4.36. The second-order valence-corrected chi connectivity index (χ2v) is 9.28. The van der Waals surface area contributed by atoms with Crippen LogP contribution in [0.2, 0.25) is 0 Å². The number of rotatable bonds is 6. The van der Waals surface area contributed by atoms with Crippen LogP contribution in [0.4, 0.5) is 10.1 Å². The average molecular weight is 438 g/mol. The highest BCUT2D eigenvalue weighted by Gasteiger charge is 2.41. The fourth-order valence-corrected chi connectivity index (χ4v) is 5.22. The lowest BCUT2D eigenvalue weighted by Gasteiger charge is -2.36. The standard InChI is InChI=1S/C26H32FN3O2/c27-22-8-4-7-21(16-22)26(13-2-1-3-14-26)25(32)29-23-11-9-19(10-12-23)17-30-15-5-6-20(18-30)24(28)31/h4,7-12,16,20H,1-3,5-6,13-15,17-18H2,(H2,28,31)(H,29,32). The van der Waals surface area contributed by atoms with Gasteiger partial charge >= 0.3 is 0 Å². The summed E-state index contributed by atoms with van der Waals surface area (Å²) in [6.07, 6.45) is 6.34. The second kappa shape index (κ2) is 9.82. The molecule has 0 spiro atoms. The molecule has 2 aromatic carbocycles. The number of nitrogens with two attached hydrogens (primary N) is 1. The Hall–Kier alpha value is -2.73. The van der Waals surface area contributed by atoms with Crippen molar-refractivity contribution in [2.24, 2.45) is 11.7 Å². The zero-order valence-corrected chi connectivity index (χ0v) is 18.5. The molecule has 0 aromatic heterocycles. The Kier molecular flexibility index (Phi) is 6.89. The number of hydrogen-bond acceptors (Lipinski definition) is 3. The van der Waals surface area contributed by atoms with E-state index in [4.69, 9.17) is 5.73 Å². The molecule has 2 aliphatic rings. The van der Waals surface area contributed by atoms with Crippen LogP contribution in [0.3, 0.4) is 0 Å². The van der Waals surface area contributed by atoms with Gasteiger partial charge in [0, 0.05) is 18.8 Å². The number of nitrogens with one attached hydrogen (secondary N) is 1. The number of piperidine rings is 1. The van der Waals surface area contributed by atoms with Gasteiger partial charge in [0.2, 0.25) is 11.8 Å². The molecule has 4 rings (SSSR count). The van der Waals surface area contributed by atoms with Gasteiger partial charge in [-0.3, -0.25) is 14.5 Å². The number of carbonyl (C=O) groups excluding carboxylic acids is 2. The molecule has 1 saturated heterocycles. The Balaban J connectivity index is 1.44. The number of anilines is 1. The van der Waals surface area contributed by atoms with E-state index in [9.17, 15) is 14.0 Å². The van der Waals surface area contributed by atoms with Crippen LogP contribution >= 0.6 is 0 Å². The maximum absolute atomic E-state index is 13.9. The summed E-state index contributed by atoms with van der Waals surface area (Å²) in [5, 5.41) is 3.09. The van der Waals surface area contributed by atoms with Gasteiger partial charge in [0.15, 0.2) is 0 Å². The van der Waals surface area contributed by atoms with Crippen LogP contribution in [0.25, 0.3) is 0 Å². The van der Waals surface area contributed by atoms with Crippen LogP contribution in [0.1, 0.15) is 56.1 Å². The minimum absolute atomic E-state index is 0.0594. The predicted molar refractivity (Wildman–Crippen MR) is 123 cm³/mol. The average Bonchev–Trinajstić information content (AvgIpc) is 2.81. The molecule has 5 nitrogen and oxygen atoms in total. The van der Waals surface area contributed by atoms with E-state index in [0.29, 0.717) is 6.54 Å². The maximum atomic E-state index is 13.9. The number of halogens is 1. The second-order valence-electron chi connectivity index (χ2n) is 9.28. The first-order chi connectivity index (χ1) is 15.5. The van der Waals surface area contributed by atoms with E-state index in [2.05, 4.69) is 10.2 Å².